The van der Waals surface area contributed by atoms with E-state index in [0.717, 1.165) is 26.3 Å². The summed E-state index contributed by atoms with van der Waals surface area (Å²) in [6, 6.07) is 15.7. The molecule has 0 aliphatic heterocycles. The number of aromatic nitrogens is 2. The van der Waals surface area contributed by atoms with E-state index in [2.05, 4.69) is 21.0 Å². The van der Waals surface area contributed by atoms with Crippen molar-refractivity contribution in [3.8, 4) is 16.8 Å². The first-order chi connectivity index (χ1) is 9.25. The second-order valence-electron chi connectivity index (χ2n) is 4.10. The van der Waals surface area contributed by atoms with E-state index in [1.54, 1.807) is 0 Å². The summed E-state index contributed by atoms with van der Waals surface area (Å²) in [5, 5.41) is 5.12. The van der Waals surface area contributed by atoms with E-state index in [0.29, 0.717) is 0 Å². The van der Waals surface area contributed by atoms with E-state index in [-0.39, 0.29) is 0 Å². The molecule has 0 aliphatic rings. The maximum Gasteiger partial charge on any atom is 0.0787 e. The molecule has 0 saturated carbocycles. The van der Waals surface area contributed by atoms with Gasteiger partial charge in [-0.2, -0.15) is 5.10 Å². The van der Waals surface area contributed by atoms with Crippen LogP contribution in [0.25, 0.3) is 16.8 Å². The molecule has 4 heteroatoms. The van der Waals surface area contributed by atoms with Gasteiger partial charge < -0.3 is 0 Å². The third-order valence-corrected chi connectivity index (χ3v) is 3.87. The summed E-state index contributed by atoms with van der Waals surface area (Å²) in [6.07, 6.45) is 3.79. The minimum atomic E-state index is 0.731. The third kappa shape index (κ3) is 2.44. The van der Waals surface area contributed by atoms with Crippen molar-refractivity contribution in [3.05, 3.63) is 70.4 Å². The summed E-state index contributed by atoms with van der Waals surface area (Å²) in [7, 11) is 0. The standard InChI is InChI=1S/C15H10BrClN2/c16-13-6-2-4-8-15(13)19-10-11(9-18-19)12-5-1-3-7-14(12)17/h1-10H. The van der Waals surface area contributed by atoms with Gasteiger partial charge in [-0.25, -0.2) is 4.68 Å². The highest BCUT2D eigenvalue weighted by atomic mass is 79.9. The molecule has 0 radical (unpaired) electrons. The predicted molar refractivity (Wildman–Crippen MR) is 81.7 cm³/mol. The summed E-state index contributed by atoms with van der Waals surface area (Å²) < 4.78 is 2.84. The maximum atomic E-state index is 6.20. The number of hydrogen-bond donors (Lipinski definition) is 0. The van der Waals surface area contributed by atoms with Crippen molar-refractivity contribution >= 4 is 27.5 Å². The highest BCUT2D eigenvalue weighted by Gasteiger charge is 2.07. The number of nitrogens with zero attached hydrogens (tertiary/aromatic N) is 2. The minimum absolute atomic E-state index is 0.731. The van der Waals surface area contributed by atoms with Gasteiger partial charge >= 0.3 is 0 Å². The van der Waals surface area contributed by atoms with Crippen molar-refractivity contribution in [2.24, 2.45) is 0 Å². The summed E-state index contributed by atoms with van der Waals surface area (Å²) in [4.78, 5) is 0. The molecule has 0 N–H and O–H groups in total. The maximum absolute atomic E-state index is 6.20. The largest absolute Gasteiger partial charge is 0.239 e. The molecule has 3 aromatic rings. The molecule has 2 aromatic carbocycles. The molecule has 0 atom stereocenters. The summed E-state index contributed by atoms with van der Waals surface area (Å²) in [5.41, 5.74) is 2.99. The molecular weight excluding hydrogens is 324 g/mol. The Bertz CT molecular complexity index is 661. The van der Waals surface area contributed by atoms with Gasteiger partial charge in [0.2, 0.25) is 0 Å². The van der Waals surface area contributed by atoms with E-state index in [9.17, 15) is 0 Å². The van der Waals surface area contributed by atoms with Crippen molar-refractivity contribution < 1.29 is 0 Å². The fourth-order valence-corrected chi connectivity index (χ4v) is 2.64. The van der Waals surface area contributed by atoms with Crippen LogP contribution in [-0.4, -0.2) is 9.78 Å². The lowest BCUT2D eigenvalue weighted by molar-refractivity contribution is 0.876. The SMILES string of the molecule is Clc1ccccc1-c1cnn(-c2ccccc2Br)c1. The summed E-state index contributed by atoms with van der Waals surface area (Å²) >= 11 is 9.73. The monoisotopic (exact) mass is 332 g/mol. The Balaban J connectivity index is 2.06. The van der Waals surface area contributed by atoms with Crippen LogP contribution in [-0.2, 0) is 0 Å². The first-order valence-corrected chi connectivity index (χ1v) is 6.97. The molecule has 94 valence electrons. The van der Waals surface area contributed by atoms with Crippen LogP contribution in [0.2, 0.25) is 5.02 Å². The normalized spacial score (nSPS) is 10.6. The number of para-hydroxylation sites is 1. The first-order valence-electron chi connectivity index (χ1n) is 5.80. The molecule has 0 amide bonds. The van der Waals surface area contributed by atoms with Crippen molar-refractivity contribution in [2.75, 3.05) is 0 Å². The Hall–Kier alpha value is -1.58. The molecule has 3 rings (SSSR count). The van der Waals surface area contributed by atoms with Gasteiger partial charge in [0.05, 0.1) is 11.9 Å². The average Bonchev–Trinajstić information content (AvgIpc) is 2.89. The van der Waals surface area contributed by atoms with E-state index in [1.807, 2.05) is 65.6 Å². The number of benzene rings is 2. The Morgan fingerprint density at radius 2 is 1.74 bits per heavy atom. The second-order valence-corrected chi connectivity index (χ2v) is 5.37. The van der Waals surface area contributed by atoms with Crippen molar-refractivity contribution in [1.29, 1.82) is 0 Å². The zero-order valence-electron chi connectivity index (χ0n) is 9.92. The third-order valence-electron chi connectivity index (χ3n) is 2.87. The van der Waals surface area contributed by atoms with Crippen molar-refractivity contribution in [2.45, 2.75) is 0 Å². The average molecular weight is 334 g/mol. The molecule has 0 saturated heterocycles. The summed E-state index contributed by atoms with van der Waals surface area (Å²) in [6.45, 7) is 0. The predicted octanol–water partition coefficient (Wildman–Crippen LogP) is 4.96. The first kappa shape index (κ1) is 12.5. The molecule has 0 spiro atoms. The van der Waals surface area contributed by atoms with Gasteiger partial charge in [-0.15, -0.1) is 0 Å². The lowest BCUT2D eigenvalue weighted by Crippen LogP contribution is -1.94. The van der Waals surface area contributed by atoms with Crippen LogP contribution >= 0.6 is 27.5 Å². The van der Waals surface area contributed by atoms with E-state index in [1.165, 1.54) is 0 Å². The topological polar surface area (TPSA) is 17.8 Å². The Kier molecular flexibility index (Phi) is 3.40. The molecule has 1 heterocycles. The number of hydrogen-bond acceptors (Lipinski definition) is 1. The molecule has 0 bridgehead atoms. The molecule has 2 nitrogen and oxygen atoms in total. The smallest absolute Gasteiger partial charge is 0.0787 e. The highest BCUT2D eigenvalue weighted by Crippen LogP contribution is 2.28. The lowest BCUT2D eigenvalue weighted by Gasteiger charge is -2.03. The Morgan fingerprint density at radius 1 is 1.00 bits per heavy atom. The molecule has 0 fully saturated rings. The van der Waals surface area contributed by atoms with Crippen molar-refractivity contribution in [1.82, 2.24) is 9.78 Å². The van der Waals surface area contributed by atoms with E-state index < -0.39 is 0 Å². The van der Waals surface area contributed by atoms with Gasteiger partial charge in [-0.3, -0.25) is 0 Å². The van der Waals surface area contributed by atoms with Crippen LogP contribution in [0.1, 0.15) is 0 Å². The lowest BCUT2D eigenvalue weighted by atomic mass is 10.1. The molecule has 0 aliphatic carbocycles. The number of halogens is 2. The van der Waals surface area contributed by atoms with Gasteiger partial charge in [0, 0.05) is 26.8 Å². The zero-order valence-corrected chi connectivity index (χ0v) is 12.3. The molecule has 0 unspecified atom stereocenters. The Morgan fingerprint density at radius 3 is 2.53 bits per heavy atom. The second kappa shape index (κ2) is 5.19. The van der Waals surface area contributed by atoms with Gasteiger partial charge in [-0.05, 0) is 34.1 Å². The van der Waals surface area contributed by atoms with Gasteiger partial charge in [0.1, 0.15) is 0 Å². The van der Waals surface area contributed by atoms with E-state index >= 15 is 0 Å². The fraction of sp³-hybridized carbons (Fsp3) is 0. The van der Waals surface area contributed by atoms with Crippen LogP contribution in [0.15, 0.2) is 65.4 Å². The fourth-order valence-electron chi connectivity index (χ4n) is 1.93. The minimum Gasteiger partial charge on any atom is -0.239 e. The Labute approximate surface area is 124 Å². The molecule has 1 aromatic heterocycles. The highest BCUT2D eigenvalue weighted by molar-refractivity contribution is 9.10. The van der Waals surface area contributed by atoms with Crippen LogP contribution in [0.5, 0.6) is 0 Å². The van der Waals surface area contributed by atoms with Crippen LogP contribution < -0.4 is 0 Å². The zero-order chi connectivity index (χ0) is 13.2. The number of rotatable bonds is 2. The summed E-state index contributed by atoms with van der Waals surface area (Å²) in [5.74, 6) is 0. The molecular formula is C15H10BrClN2. The van der Waals surface area contributed by atoms with Crippen LogP contribution in [0.4, 0.5) is 0 Å². The molecule has 19 heavy (non-hydrogen) atoms. The van der Waals surface area contributed by atoms with Gasteiger partial charge in [0.25, 0.3) is 0 Å². The van der Waals surface area contributed by atoms with E-state index in [4.69, 9.17) is 11.6 Å². The van der Waals surface area contributed by atoms with Crippen molar-refractivity contribution in [3.63, 3.8) is 0 Å². The van der Waals surface area contributed by atoms with Gasteiger partial charge in [-0.1, -0.05) is 41.9 Å². The van der Waals surface area contributed by atoms with Crippen LogP contribution in [0.3, 0.4) is 0 Å². The van der Waals surface area contributed by atoms with Crippen LogP contribution in [0, 0.1) is 0 Å². The quantitative estimate of drug-likeness (QED) is 0.648. The van der Waals surface area contributed by atoms with Gasteiger partial charge in [0.15, 0.2) is 0 Å².